The molecule has 2 heterocycles. The van der Waals surface area contributed by atoms with Crippen LogP contribution in [-0.4, -0.2) is 28.7 Å². The summed E-state index contributed by atoms with van der Waals surface area (Å²) in [4.78, 5) is 25.3. The molecule has 7 nitrogen and oxygen atoms in total. The van der Waals surface area contributed by atoms with E-state index in [9.17, 15) is 9.59 Å². The number of fused-ring (bicyclic) bond motifs is 1. The highest BCUT2D eigenvalue weighted by atomic mass is 16.5. The van der Waals surface area contributed by atoms with Gasteiger partial charge in [-0.25, -0.2) is 4.68 Å². The number of methoxy groups -OCH3 is 1. The van der Waals surface area contributed by atoms with E-state index >= 15 is 0 Å². The number of nitrogens with one attached hydrogen (secondary N) is 2. The molecule has 1 aliphatic rings. The predicted octanol–water partition coefficient (Wildman–Crippen LogP) is 3.70. The van der Waals surface area contributed by atoms with Crippen LogP contribution in [0.4, 0.5) is 11.5 Å². The zero-order chi connectivity index (χ0) is 20.5. The maximum absolute atomic E-state index is 13.0. The minimum absolute atomic E-state index is 0.0251. The van der Waals surface area contributed by atoms with Crippen LogP contribution in [-0.2, 0) is 9.59 Å². The van der Waals surface area contributed by atoms with E-state index in [1.165, 1.54) is 0 Å². The highest BCUT2D eigenvalue weighted by Crippen LogP contribution is 2.34. The summed E-state index contributed by atoms with van der Waals surface area (Å²) in [5.41, 5.74) is 4.28. The predicted molar refractivity (Wildman–Crippen MR) is 111 cm³/mol. The standard InChI is InChI=1S/C22H22N4O3/c1-13-7-9-15(10-8-13)20-14(2)21-24-19(27)12-18(26(21)25-20)22(28)23-16-5-4-6-17(11-16)29-3/h4-11,18H,12H2,1-3H3,(H,23,28)(H,24,27). The lowest BCUT2D eigenvalue weighted by molar-refractivity contribution is -0.125. The van der Waals surface area contributed by atoms with Crippen LogP contribution in [0, 0.1) is 13.8 Å². The summed E-state index contributed by atoms with van der Waals surface area (Å²) in [5, 5.41) is 10.4. The number of rotatable bonds is 4. The molecule has 7 heteroatoms. The smallest absolute Gasteiger partial charge is 0.249 e. The highest BCUT2D eigenvalue weighted by molar-refractivity contribution is 6.02. The Morgan fingerprint density at radius 2 is 1.97 bits per heavy atom. The van der Waals surface area contributed by atoms with Crippen LogP contribution in [0.25, 0.3) is 11.3 Å². The fourth-order valence-corrected chi connectivity index (χ4v) is 3.45. The minimum atomic E-state index is -0.733. The van der Waals surface area contributed by atoms with Gasteiger partial charge < -0.3 is 15.4 Å². The molecule has 0 saturated carbocycles. The maximum atomic E-state index is 13.0. The van der Waals surface area contributed by atoms with Gasteiger partial charge in [0.1, 0.15) is 17.6 Å². The molecule has 29 heavy (non-hydrogen) atoms. The van der Waals surface area contributed by atoms with Crippen LogP contribution in [0.1, 0.15) is 23.6 Å². The van der Waals surface area contributed by atoms with E-state index in [4.69, 9.17) is 4.74 Å². The number of hydrogen-bond donors (Lipinski definition) is 2. The third kappa shape index (κ3) is 3.59. The molecular weight excluding hydrogens is 368 g/mol. The number of ether oxygens (including phenoxy) is 1. The van der Waals surface area contributed by atoms with Gasteiger partial charge in [0.15, 0.2) is 0 Å². The van der Waals surface area contributed by atoms with Gasteiger partial charge in [-0.2, -0.15) is 5.10 Å². The van der Waals surface area contributed by atoms with Gasteiger partial charge in [-0.15, -0.1) is 0 Å². The number of carbonyl (C=O) groups excluding carboxylic acids is 2. The molecule has 0 fully saturated rings. The van der Waals surface area contributed by atoms with Gasteiger partial charge in [-0.3, -0.25) is 9.59 Å². The topological polar surface area (TPSA) is 85.2 Å². The van der Waals surface area contributed by atoms with E-state index in [0.717, 1.165) is 22.4 Å². The fraction of sp³-hybridized carbons (Fsp3) is 0.227. The summed E-state index contributed by atoms with van der Waals surface area (Å²) in [6.45, 7) is 3.92. The van der Waals surface area contributed by atoms with Crippen LogP contribution in [0.3, 0.4) is 0 Å². The molecule has 2 amide bonds. The van der Waals surface area contributed by atoms with Crippen molar-refractivity contribution in [3.05, 3.63) is 59.7 Å². The van der Waals surface area contributed by atoms with E-state index < -0.39 is 6.04 Å². The van der Waals surface area contributed by atoms with Gasteiger partial charge in [0.25, 0.3) is 0 Å². The molecule has 0 saturated heterocycles. The number of nitrogens with zero attached hydrogens (tertiary/aromatic N) is 2. The van der Waals surface area contributed by atoms with Gasteiger partial charge in [-0.05, 0) is 26.0 Å². The van der Waals surface area contributed by atoms with Gasteiger partial charge in [0.05, 0.1) is 19.2 Å². The fourth-order valence-electron chi connectivity index (χ4n) is 3.45. The first-order chi connectivity index (χ1) is 14.0. The van der Waals surface area contributed by atoms with Gasteiger partial charge in [0.2, 0.25) is 11.8 Å². The Labute approximate surface area is 168 Å². The lowest BCUT2D eigenvalue weighted by Crippen LogP contribution is -2.35. The number of aromatic nitrogens is 2. The quantitative estimate of drug-likeness (QED) is 0.711. The molecule has 148 valence electrons. The van der Waals surface area contributed by atoms with Crippen LogP contribution in [0.15, 0.2) is 48.5 Å². The van der Waals surface area contributed by atoms with Crippen molar-refractivity contribution >= 4 is 23.3 Å². The normalized spacial score (nSPS) is 15.4. The molecule has 3 aromatic rings. The van der Waals surface area contributed by atoms with Crippen molar-refractivity contribution in [3.63, 3.8) is 0 Å². The molecule has 2 N–H and O–H groups in total. The largest absolute Gasteiger partial charge is 0.497 e. The second-order valence-corrected chi connectivity index (χ2v) is 7.12. The lowest BCUT2D eigenvalue weighted by Gasteiger charge is -2.24. The van der Waals surface area contributed by atoms with E-state index in [1.807, 2.05) is 38.1 Å². The summed E-state index contributed by atoms with van der Waals surface area (Å²) < 4.78 is 6.81. The first-order valence-corrected chi connectivity index (χ1v) is 9.37. The number of hydrogen-bond acceptors (Lipinski definition) is 4. The van der Waals surface area contributed by atoms with Crippen molar-refractivity contribution in [2.45, 2.75) is 26.3 Å². The van der Waals surface area contributed by atoms with Crippen molar-refractivity contribution in [2.75, 3.05) is 17.7 Å². The van der Waals surface area contributed by atoms with E-state index in [1.54, 1.807) is 36.1 Å². The summed E-state index contributed by atoms with van der Waals surface area (Å²) in [6.07, 6.45) is 0.0251. The van der Waals surface area contributed by atoms with Crippen molar-refractivity contribution < 1.29 is 14.3 Å². The summed E-state index contributed by atoms with van der Waals surface area (Å²) in [7, 11) is 1.57. The van der Waals surface area contributed by atoms with E-state index in [0.29, 0.717) is 17.3 Å². The van der Waals surface area contributed by atoms with Crippen LogP contribution >= 0.6 is 0 Å². The summed E-state index contributed by atoms with van der Waals surface area (Å²) in [6, 6.07) is 14.4. The molecule has 1 unspecified atom stereocenters. The number of carbonyl (C=O) groups is 2. The number of anilines is 2. The Morgan fingerprint density at radius 1 is 1.21 bits per heavy atom. The molecule has 1 aliphatic heterocycles. The molecular formula is C22H22N4O3. The minimum Gasteiger partial charge on any atom is -0.497 e. The third-order valence-electron chi connectivity index (χ3n) is 5.04. The molecule has 0 spiro atoms. The molecule has 0 radical (unpaired) electrons. The summed E-state index contributed by atoms with van der Waals surface area (Å²) in [5.74, 6) is 0.693. The number of benzene rings is 2. The summed E-state index contributed by atoms with van der Waals surface area (Å²) >= 11 is 0. The molecule has 4 rings (SSSR count). The lowest BCUT2D eigenvalue weighted by atomic mass is 10.1. The Balaban J connectivity index is 1.68. The van der Waals surface area contributed by atoms with Gasteiger partial charge in [0, 0.05) is 22.9 Å². The van der Waals surface area contributed by atoms with Crippen molar-refractivity contribution in [1.29, 1.82) is 0 Å². The first-order valence-electron chi connectivity index (χ1n) is 9.37. The zero-order valence-electron chi connectivity index (χ0n) is 16.5. The van der Waals surface area contributed by atoms with Crippen LogP contribution < -0.4 is 15.4 Å². The van der Waals surface area contributed by atoms with E-state index in [2.05, 4.69) is 15.7 Å². The average molecular weight is 390 g/mol. The maximum Gasteiger partial charge on any atom is 0.249 e. The Hall–Kier alpha value is -3.61. The average Bonchev–Trinajstić information content (AvgIpc) is 3.04. The van der Waals surface area contributed by atoms with Crippen molar-refractivity contribution in [1.82, 2.24) is 9.78 Å². The van der Waals surface area contributed by atoms with Gasteiger partial charge >= 0.3 is 0 Å². The highest BCUT2D eigenvalue weighted by Gasteiger charge is 2.34. The SMILES string of the molecule is COc1cccc(NC(=O)C2CC(=O)Nc3c(C)c(-c4ccc(C)cc4)nn32)c1. The molecule has 2 aromatic carbocycles. The number of amides is 2. The third-order valence-corrected chi connectivity index (χ3v) is 5.04. The molecule has 0 bridgehead atoms. The molecule has 1 aromatic heterocycles. The zero-order valence-corrected chi connectivity index (χ0v) is 16.5. The Morgan fingerprint density at radius 3 is 2.69 bits per heavy atom. The number of aryl methyl sites for hydroxylation is 1. The second kappa shape index (κ2) is 7.43. The Kier molecular flexibility index (Phi) is 4.80. The monoisotopic (exact) mass is 390 g/mol. The Bertz CT molecular complexity index is 1090. The van der Waals surface area contributed by atoms with E-state index in [-0.39, 0.29) is 18.2 Å². The first kappa shape index (κ1) is 18.7. The van der Waals surface area contributed by atoms with Gasteiger partial charge in [-0.1, -0.05) is 35.9 Å². The second-order valence-electron chi connectivity index (χ2n) is 7.12. The van der Waals surface area contributed by atoms with Crippen molar-refractivity contribution in [2.24, 2.45) is 0 Å². The van der Waals surface area contributed by atoms with Crippen LogP contribution in [0.2, 0.25) is 0 Å². The molecule has 1 atom stereocenters. The molecule has 0 aliphatic carbocycles. The van der Waals surface area contributed by atoms with Crippen molar-refractivity contribution in [3.8, 4) is 17.0 Å². The van der Waals surface area contributed by atoms with Crippen LogP contribution in [0.5, 0.6) is 5.75 Å².